The number of amides is 1. The molecule has 5 rings (SSSR count). The number of nitrogens with one attached hydrogen (secondary N) is 2. The molecule has 0 saturated carbocycles. The molecule has 1 aliphatic heterocycles. The lowest BCUT2D eigenvalue weighted by atomic mass is 9.77. The van der Waals surface area contributed by atoms with Crippen molar-refractivity contribution in [1.29, 1.82) is 0 Å². The number of benzene rings is 2. The molecule has 2 N–H and O–H groups in total. The van der Waals surface area contributed by atoms with E-state index in [0.29, 0.717) is 41.8 Å². The predicted octanol–water partition coefficient (Wildman–Crippen LogP) is 6.76. The zero-order chi connectivity index (χ0) is 27.0. The van der Waals surface area contributed by atoms with Gasteiger partial charge in [0.1, 0.15) is 17.3 Å². The smallest absolute Gasteiger partial charge is 0.460 e. The Hall–Kier alpha value is -4.27. The first-order chi connectivity index (χ1) is 18.1. The van der Waals surface area contributed by atoms with Gasteiger partial charge in [0.05, 0.1) is 17.1 Å². The van der Waals surface area contributed by atoms with Crippen LogP contribution in [-0.2, 0) is 9.59 Å². The van der Waals surface area contributed by atoms with Crippen LogP contribution in [0.4, 0.5) is 18.9 Å². The van der Waals surface area contributed by atoms with Crippen molar-refractivity contribution in [2.75, 3.05) is 5.32 Å². The van der Waals surface area contributed by atoms with E-state index < -0.39 is 23.9 Å². The van der Waals surface area contributed by atoms with Gasteiger partial charge in [-0.3, -0.25) is 9.59 Å². The van der Waals surface area contributed by atoms with E-state index in [-0.39, 0.29) is 22.9 Å². The molecule has 196 valence electrons. The molecular weight excluding hydrogens is 497 g/mol. The summed E-state index contributed by atoms with van der Waals surface area (Å²) in [4.78, 5) is 26.8. The molecule has 1 aromatic heterocycles. The summed E-state index contributed by atoms with van der Waals surface area (Å²) in [5.74, 6) is -1.34. The molecule has 2 heterocycles. The number of dihydropyridines is 1. The van der Waals surface area contributed by atoms with Crippen LogP contribution in [0.1, 0.15) is 43.4 Å². The summed E-state index contributed by atoms with van der Waals surface area (Å²) in [7, 11) is 0. The maximum atomic E-state index is 13.7. The quantitative estimate of drug-likeness (QED) is 0.387. The Morgan fingerprint density at radius 1 is 1.03 bits per heavy atom. The number of rotatable bonds is 5. The molecular formula is C29H25F3N2O4. The zero-order valence-electron chi connectivity index (χ0n) is 20.7. The van der Waals surface area contributed by atoms with E-state index in [9.17, 15) is 22.8 Å². The van der Waals surface area contributed by atoms with Crippen LogP contribution in [0.25, 0.3) is 11.3 Å². The highest BCUT2D eigenvalue weighted by molar-refractivity contribution is 6.09. The number of para-hydroxylation sites is 2. The lowest BCUT2D eigenvalue weighted by molar-refractivity contribution is -0.274. The van der Waals surface area contributed by atoms with Gasteiger partial charge in [-0.1, -0.05) is 30.3 Å². The van der Waals surface area contributed by atoms with Crippen molar-refractivity contribution in [3.63, 3.8) is 0 Å². The number of carbonyl (C=O) groups excluding carboxylic acids is 2. The normalized spacial score (nSPS) is 17.7. The van der Waals surface area contributed by atoms with E-state index in [2.05, 4.69) is 15.4 Å². The van der Waals surface area contributed by atoms with E-state index in [1.165, 1.54) is 24.3 Å². The van der Waals surface area contributed by atoms with E-state index in [4.69, 9.17) is 4.42 Å². The number of furan rings is 1. The number of alkyl halides is 3. The lowest BCUT2D eigenvalue weighted by Crippen LogP contribution is -2.35. The molecule has 0 radical (unpaired) electrons. The Kier molecular flexibility index (Phi) is 6.60. The third-order valence-electron chi connectivity index (χ3n) is 6.70. The van der Waals surface area contributed by atoms with Gasteiger partial charge in [-0.2, -0.15) is 0 Å². The molecule has 3 aromatic rings. The van der Waals surface area contributed by atoms with E-state index in [1.54, 1.807) is 25.1 Å². The summed E-state index contributed by atoms with van der Waals surface area (Å²) in [5.41, 5.74) is 3.66. The average Bonchev–Trinajstić information content (AvgIpc) is 3.34. The number of hydrogen-bond donors (Lipinski definition) is 2. The molecule has 1 aliphatic carbocycles. The van der Waals surface area contributed by atoms with Crippen LogP contribution in [0.5, 0.6) is 5.75 Å². The average molecular weight is 523 g/mol. The first-order valence-electron chi connectivity index (χ1n) is 12.2. The van der Waals surface area contributed by atoms with E-state index in [0.717, 1.165) is 11.3 Å². The Morgan fingerprint density at radius 3 is 2.53 bits per heavy atom. The summed E-state index contributed by atoms with van der Waals surface area (Å²) in [6.07, 6.45) is -3.23. The fraction of sp³-hybridized carbons (Fsp3) is 0.241. The number of ketones is 1. The molecule has 0 saturated heterocycles. The molecule has 9 heteroatoms. The third-order valence-corrected chi connectivity index (χ3v) is 6.70. The first kappa shape index (κ1) is 25.4. The lowest BCUT2D eigenvalue weighted by Gasteiger charge is -2.33. The van der Waals surface area contributed by atoms with Crippen LogP contribution in [-0.4, -0.2) is 18.1 Å². The van der Waals surface area contributed by atoms with Crippen molar-refractivity contribution in [1.82, 2.24) is 5.32 Å². The van der Waals surface area contributed by atoms with Crippen LogP contribution in [0, 0.1) is 6.92 Å². The van der Waals surface area contributed by atoms with Crippen LogP contribution < -0.4 is 15.4 Å². The number of allylic oxidation sites excluding steroid dienone is 3. The number of ether oxygens (including phenoxy) is 1. The summed E-state index contributed by atoms with van der Waals surface area (Å²) >= 11 is 0. The van der Waals surface area contributed by atoms with Crippen molar-refractivity contribution in [2.24, 2.45) is 0 Å². The zero-order valence-corrected chi connectivity index (χ0v) is 20.7. The fourth-order valence-corrected chi connectivity index (χ4v) is 5.01. The van der Waals surface area contributed by atoms with E-state index >= 15 is 0 Å². The summed E-state index contributed by atoms with van der Waals surface area (Å²) in [6, 6.07) is 16.1. The van der Waals surface area contributed by atoms with Crippen molar-refractivity contribution < 1.29 is 31.9 Å². The summed E-state index contributed by atoms with van der Waals surface area (Å²) < 4.78 is 49.3. The minimum atomic E-state index is -4.88. The number of Topliss-reactive ketones (excluding diaryl/α,β-unsaturated/α-hetero) is 1. The third kappa shape index (κ3) is 4.96. The second-order valence-electron chi connectivity index (χ2n) is 9.28. The standard InChI is InChI=1S/C29H25F3N2O4/c1-16-8-3-5-10-19(16)34-28(36)25-17(2)33-20-11-7-12-21(35)26(20)27(25)24-15-14-22(37-24)18-9-4-6-13-23(18)38-29(30,31)32/h3-6,8-10,13-15,27,33H,7,11-12H2,1-2H3,(H,34,36). The van der Waals surface area contributed by atoms with Gasteiger partial charge in [0.2, 0.25) is 0 Å². The second kappa shape index (κ2) is 9.89. The van der Waals surface area contributed by atoms with Gasteiger partial charge < -0.3 is 19.8 Å². The molecule has 1 unspecified atom stereocenters. The molecule has 0 fully saturated rings. The summed E-state index contributed by atoms with van der Waals surface area (Å²) in [6.45, 7) is 3.64. The van der Waals surface area contributed by atoms with Crippen LogP contribution >= 0.6 is 0 Å². The Morgan fingerprint density at radius 2 is 1.76 bits per heavy atom. The van der Waals surface area contributed by atoms with Crippen LogP contribution in [0.2, 0.25) is 0 Å². The SMILES string of the molecule is CC1=C(C(=O)Nc2ccccc2C)C(c2ccc(-c3ccccc3OC(F)(F)F)o2)C2=C(CCCC2=O)N1. The van der Waals surface area contributed by atoms with Gasteiger partial charge in [0.15, 0.2) is 5.78 Å². The Bertz CT molecular complexity index is 1480. The van der Waals surface area contributed by atoms with Gasteiger partial charge in [-0.15, -0.1) is 13.2 Å². The minimum Gasteiger partial charge on any atom is -0.460 e. The monoisotopic (exact) mass is 522 g/mol. The topological polar surface area (TPSA) is 80.6 Å². The minimum absolute atomic E-state index is 0.0980. The van der Waals surface area contributed by atoms with Crippen molar-refractivity contribution in [2.45, 2.75) is 45.4 Å². The molecule has 0 bridgehead atoms. The van der Waals surface area contributed by atoms with Gasteiger partial charge in [-0.25, -0.2) is 0 Å². The highest BCUT2D eigenvalue weighted by atomic mass is 19.4. The van der Waals surface area contributed by atoms with Crippen molar-refractivity contribution in [3.05, 3.63) is 94.5 Å². The highest BCUT2D eigenvalue weighted by Crippen LogP contribution is 2.44. The molecule has 1 amide bonds. The molecule has 38 heavy (non-hydrogen) atoms. The Labute approximate surface area is 217 Å². The number of anilines is 1. The molecule has 0 spiro atoms. The first-order valence-corrected chi connectivity index (χ1v) is 12.2. The second-order valence-corrected chi connectivity index (χ2v) is 9.28. The molecule has 2 aromatic carbocycles. The molecule has 1 atom stereocenters. The van der Waals surface area contributed by atoms with Gasteiger partial charge in [-0.05, 0) is 62.6 Å². The largest absolute Gasteiger partial charge is 0.573 e. The predicted molar refractivity (Wildman–Crippen MR) is 135 cm³/mol. The number of hydrogen-bond acceptors (Lipinski definition) is 5. The maximum absolute atomic E-state index is 13.7. The molecule has 6 nitrogen and oxygen atoms in total. The number of carbonyl (C=O) groups is 2. The highest BCUT2D eigenvalue weighted by Gasteiger charge is 2.40. The maximum Gasteiger partial charge on any atom is 0.573 e. The Balaban J connectivity index is 1.58. The van der Waals surface area contributed by atoms with Crippen molar-refractivity contribution >= 4 is 17.4 Å². The summed E-state index contributed by atoms with van der Waals surface area (Å²) in [5, 5.41) is 6.18. The van der Waals surface area contributed by atoms with Crippen LogP contribution in [0.3, 0.4) is 0 Å². The van der Waals surface area contributed by atoms with Crippen LogP contribution in [0.15, 0.2) is 87.6 Å². The van der Waals surface area contributed by atoms with Gasteiger partial charge in [0.25, 0.3) is 5.91 Å². The number of aryl methyl sites for hydroxylation is 1. The molecule has 2 aliphatic rings. The van der Waals surface area contributed by atoms with Gasteiger partial charge >= 0.3 is 6.36 Å². The van der Waals surface area contributed by atoms with E-state index in [1.807, 2.05) is 25.1 Å². The van der Waals surface area contributed by atoms with Crippen molar-refractivity contribution in [3.8, 4) is 17.1 Å². The fourth-order valence-electron chi connectivity index (χ4n) is 5.01. The number of halogens is 3. The van der Waals surface area contributed by atoms with Gasteiger partial charge in [0, 0.05) is 29.1 Å².